The molecule has 0 aromatic heterocycles. The fraction of sp³-hybridized carbons (Fsp3) is 0.667. The van der Waals surface area contributed by atoms with Crippen LogP contribution in [0.25, 0.3) is 0 Å². The summed E-state index contributed by atoms with van der Waals surface area (Å²) in [5.41, 5.74) is 0. The number of benzene rings is 1. The van der Waals surface area contributed by atoms with Gasteiger partial charge in [0.05, 0.1) is 6.61 Å². The molecule has 1 unspecified atom stereocenters. The molecule has 1 aliphatic rings. The van der Waals surface area contributed by atoms with Crippen molar-refractivity contribution in [2.75, 3.05) is 32.8 Å². The quantitative estimate of drug-likeness (QED) is 0.744. The van der Waals surface area contributed by atoms with E-state index in [2.05, 4.69) is 24.1 Å². The van der Waals surface area contributed by atoms with Crippen molar-refractivity contribution in [3.63, 3.8) is 0 Å². The van der Waals surface area contributed by atoms with Crippen molar-refractivity contribution in [3.05, 3.63) is 30.3 Å². The first kappa shape index (κ1) is 16.3. The highest BCUT2D eigenvalue weighted by atomic mass is 16.5. The average molecular weight is 290 g/mol. The Morgan fingerprint density at radius 2 is 2.05 bits per heavy atom. The Kier molecular flexibility index (Phi) is 7.04. The van der Waals surface area contributed by atoms with Gasteiger partial charge in [-0.2, -0.15) is 0 Å². The number of hydrogen-bond acceptors (Lipinski definition) is 3. The zero-order valence-corrected chi connectivity index (χ0v) is 13.6. The zero-order chi connectivity index (χ0) is 14.9. The fourth-order valence-electron chi connectivity index (χ4n) is 3.00. The lowest BCUT2D eigenvalue weighted by molar-refractivity contribution is 0.137. The van der Waals surface area contributed by atoms with Crippen molar-refractivity contribution >= 4 is 0 Å². The second-order valence-corrected chi connectivity index (χ2v) is 6.39. The van der Waals surface area contributed by atoms with E-state index in [1.807, 2.05) is 30.3 Å². The van der Waals surface area contributed by atoms with Gasteiger partial charge in [-0.05, 0) is 43.9 Å². The molecule has 0 amide bonds. The van der Waals surface area contributed by atoms with Crippen molar-refractivity contribution in [2.45, 2.75) is 39.2 Å². The summed E-state index contributed by atoms with van der Waals surface area (Å²) in [6, 6.07) is 10.8. The molecule has 1 saturated heterocycles. The number of rotatable bonds is 8. The maximum Gasteiger partial charge on any atom is 0.119 e. The molecule has 2 rings (SSSR count). The molecule has 1 aromatic rings. The average Bonchev–Trinajstić information content (AvgIpc) is 2.49. The zero-order valence-electron chi connectivity index (χ0n) is 13.6. The molecule has 1 atom stereocenters. The first-order valence-corrected chi connectivity index (χ1v) is 8.38. The van der Waals surface area contributed by atoms with Gasteiger partial charge in [-0.25, -0.2) is 0 Å². The molecule has 0 radical (unpaired) electrons. The van der Waals surface area contributed by atoms with Crippen LogP contribution in [0.2, 0.25) is 0 Å². The van der Waals surface area contributed by atoms with Crippen LogP contribution in [0.5, 0.6) is 5.75 Å². The summed E-state index contributed by atoms with van der Waals surface area (Å²) < 4.78 is 5.76. The molecule has 1 fully saturated rings. The maximum atomic E-state index is 5.76. The van der Waals surface area contributed by atoms with Crippen LogP contribution in [-0.2, 0) is 0 Å². The van der Waals surface area contributed by atoms with E-state index in [0.717, 1.165) is 37.8 Å². The second-order valence-electron chi connectivity index (χ2n) is 6.39. The topological polar surface area (TPSA) is 24.5 Å². The number of ether oxygens (including phenoxy) is 1. The molecule has 1 aromatic carbocycles. The van der Waals surface area contributed by atoms with Gasteiger partial charge in [0.1, 0.15) is 5.75 Å². The Morgan fingerprint density at radius 3 is 2.81 bits per heavy atom. The molecule has 1 N–H and O–H groups in total. The van der Waals surface area contributed by atoms with E-state index in [-0.39, 0.29) is 0 Å². The first-order valence-electron chi connectivity index (χ1n) is 8.38. The Morgan fingerprint density at radius 1 is 1.24 bits per heavy atom. The van der Waals surface area contributed by atoms with E-state index in [4.69, 9.17) is 4.74 Å². The third-order valence-electron chi connectivity index (χ3n) is 4.07. The van der Waals surface area contributed by atoms with E-state index in [1.165, 1.54) is 25.9 Å². The number of para-hydroxylation sites is 1. The van der Waals surface area contributed by atoms with Crippen molar-refractivity contribution in [1.29, 1.82) is 0 Å². The highest BCUT2D eigenvalue weighted by Gasteiger charge is 2.22. The largest absolute Gasteiger partial charge is 0.494 e. The minimum Gasteiger partial charge on any atom is -0.494 e. The summed E-state index contributed by atoms with van der Waals surface area (Å²) in [5, 5.41) is 3.53. The lowest BCUT2D eigenvalue weighted by Gasteiger charge is -2.37. The normalized spacial score (nSPS) is 19.9. The molecule has 3 heteroatoms. The van der Waals surface area contributed by atoms with Gasteiger partial charge in [-0.3, -0.25) is 4.90 Å². The summed E-state index contributed by atoms with van der Waals surface area (Å²) in [6.07, 6.45) is 3.65. The molecule has 3 nitrogen and oxygen atoms in total. The molecular formula is C18H30N2O. The van der Waals surface area contributed by atoms with E-state index in [9.17, 15) is 0 Å². The first-order chi connectivity index (χ1) is 10.3. The monoisotopic (exact) mass is 290 g/mol. The van der Waals surface area contributed by atoms with Gasteiger partial charge in [-0.1, -0.05) is 32.0 Å². The highest BCUT2D eigenvalue weighted by Crippen LogP contribution is 2.14. The molecular weight excluding hydrogens is 260 g/mol. The van der Waals surface area contributed by atoms with Crippen LogP contribution in [-0.4, -0.2) is 43.7 Å². The minimum atomic E-state index is 0.716. The number of nitrogens with one attached hydrogen (secondary N) is 1. The summed E-state index contributed by atoms with van der Waals surface area (Å²) >= 11 is 0. The van der Waals surface area contributed by atoms with E-state index in [1.54, 1.807) is 0 Å². The van der Waals surface area contributed by atoms with Crippen LogP contribution < -0.4 is 10.1 Å². The van der Waals surface area contributed by atoms with E-state index < -0.39 is 0 Å². The number of hydrogen-bond donors (Lipinski definition) is 1. The number of unbranched alkanes of at least 4 members (excludes halogenated alkanes) is 1. The Balaban J connectivity index is 1.62. The summed E-state index contributed by atoms with van der Waals surface area (Å²) in [6.45, 7) is 10.1. The van der Waals surface area contributed by atoms with Crippen molar-refractivity contribution < 1.29 is 4.74 Å². The minimum absolute atomic E-state index is 0.716. The number of piperazine rings is 1. The van der Waals surface area contributed by atoms with Crippen LogP contribution >= 0.6 is 0 Å². The van der Waals surface area contributed by atoms with Crippen LogP contribution in [0.4, 0.5) is 0 Å². The predicted molar refractivity (Wildman–Crippen MR) is 88.9 cm³/mol. The summed E-state index contributed by atoms with van der Waals surface area (Å²) in [7, 11) is 0. The summed E-state index contributed by atoms with van der Waals surface area (Å²) in [5.74, 6) is 1.76. The van der Waals surface area contributed by atoms with E-state index >= 15 is 0 Å². The Hall–Kier alpha value is -1.06. The lowest BCUT2D eigenvalue weighted by atomic mass is 10.0. The second kappa shape index (κ2) is 9.06. The van der Waals surface area contributed by atoms with Crippen molar-refractivity contribution in [1.82, 2.24) is 10.2 Å². The maximum absolute atomic E-state index is 5.76. The fourth-order valence-corrected chi connectivity index (χ4v) is 3.00. The van der Waals surface area contributed by atoms with Crippen LogP contribution in [0.3, 0.4) is 0 Å². The van der Waals surface area contributed by atoms with Crippen molar-refractivity contribution in [2.24, 2.45) is 5.92 Å². The van der Waals surface area contributed by atoms with Gasteiger partial charge in [-0.15, -0.1) is 0 Å². The molecule has 1 heterocycles. The smallest absolute Gasteiger partial charge is 0.119 e. The molecule has 21 heavy (non-hydrogen) atoms. The number of nitrogens with zero attached hydrogens (tertiary/aromatic N) is 1. The van der Waals surface area contributed by atoms with Crippen LogP contribution in [0.1, 0.15) is 33.1 Å². The Bertz CT molecular complexity index is 380. The third-order valence-corrected chi connectivity index (χ3v) is 4.07. The third kappa shape index (κ3) is 6.06. The van der Waals surface area contributed by atoms with Crippen LogP contribution in [0, 0.1) is 5.92 Å². The van der Waals surface area contributed by atoms with Gasteiger partial charge in [0.25, 0.3) is 0 Å². The Labute approximate surface area is 129 Å². The van der Waals surface area contributed by atoms with Crippen molar-refractivity contribution in [3.8, 4) is 5.75 Å². The molecule has 0 aliphatic carbocycles. The predicted octanol–water partition coefficient (Wildman–Crippen LogP) is 3.17. The van der Waals surface area contributed by atoms with Gasteiger partial charge in [0.15, 0.2) is 0 Å². The highest BCUT2D eigenvalue weighted by molar-refractivity contribution is 5.20. The standard InChI is InChI=1S/C18H30N2O/c1-16(2)14-17-15-19-10-12-20(17)11-6-7-13-21-18-8-4-3-5-9-18/h3-5,8-9,16-17,19H,6-7,10-15H2,1-2H3. The molecule has 0 bridgehead atoms. The van der Waals surface area contributed by atoms with Gasteiger partial charge in [0.2, 0.25) is 0 Å². The van der Waals surface area contributed by atoms with Gasteiger partial charge < -0.3 is 10.1 Å². The molecule has 0 saturated carbocycles. The van der Waals surface area contributed by atoms with E-state index in [0.29, 0.717) is 6.04 Å². The lowest BCUT2D eigenvalue weighted by Crippen LogP contribution is -2.51. The molecule has 1 aliphatic heterocycles. The molecule has 118 valence electrons. The SMILES string of the molecule is CC(C)CC1CNCCN1CCCCOc1ccccc1. The summed E-state index contributed by atoms with van der Waals surface area (Å²) in [4.78, 5) is 2.67. The van der Waals surface area contributed by atoms with Gasteiger partial charge >= 0.3 is 0 Å². The molecule has 0 spiro atoms. The van der Waals surface area contributed by atoms with Crippen LogP contribution in [0.15, 0.2) is 30.3 Å². The van der Waals surface area contributed by atoms with Gasteiger partial charge in [0, 0.05) is 25.7 Å².